The predicted octanol–water partition coefficient (Wildman–Crippen LogP) is 3.71. The number of nitrogens with one attached hydrogen (secondary N) is 2. The number of halogens is 1. The average molecular weight is 383 g/mol. The van der Waals surface area contributed by atoms with E-state index in [0.717, 1.165) is 12.8 Å². The van der Waals surface area contributed by atoms with Crippen molar-refractivity contribution in [1.29, 1.82) is 0 Å². The molecular weight excluding hydrogens is 368 g/mol. The van der Waals surface area contributed by atoms with E-state index in [1.54, 1.807) is 24.3 Å². The first kappa shape index (κ1) is 18.4. The van der Waals surface area contributed by atoms with Crippen molar-refractivity contribution >= 4 is 40.5 Å². The highest BCUT2D eigenvalue weighted by Gasteiger charge is 2.17. The number of pyridine rings is 1. The lowest BCUT2D eigenvalue weighted by Gasteiger charge is -2.04. The molecule has 3 aromatic rings. The second-order valence-electron chi connectivity index (χ2n) is 5.63. The molecule has 0 saturated carbocycles. The van der Waals surface area contributed by atoms with Gasteiger partial charge in [0.2, 0.25) is 5.95 Å². The van der Waals surface area contributed by atoms with Gasteiger partial charge in [-0.25, -0.2) is 14.8 Å². The summed E-state index contributed by atoms with van der Waals surface area (Å²) in [6, 6.07) is 7.89. The number of benzene rings is 1. The summed E-state index contributed by atoms with van der Waals surface area (Å²) in [5.74, 6) is 4.27. The molecule has 0 radical (unpaired) electrons. The second-order valence-corrected chi connectivity index (χ2v) is 6.03. The number of carbonyl (C=O) groups excluding carboxylic acids is 1. The van der Waals surface area contributed by atoms with Crippen LogP contribution >= 0.6 is 11.6 Å². The third-order valence-electron chi connectivity index (χ3n) is 3.63. The van der Waals surface area contributed by atoms with Crippen LogP contribution in [0.5, 0.6) is 0 Å². The van der Waals surface area contributed by atoms with Crippen molar-refractivity contribution in [3.8, 4) is 11.8 Å². The average Bonchev–Trinajstić information content (AvgIpc) is 3.05. The molecule has 7 nitrogen and oxygen atoms in total. The van der Waals surface area contributed by atoms with Gasteiger partial charge in [-0.05, 0) is 36.6 Å². The van der Waals surface area contributed by atoms with Gasteiger partial charge >= 0.3 is 5.97 Å². The highest BCUT2D eigenvalue weighted by Crippen LogP contribution is 2.20. The van der Waals surface area contributed by atoms with E-state index in [2.05, 4.69) is 32.1 Å². The molecule has 0 saturated heterocycles. The second kappa shape index (κ2) is 7.89. The van der Waals surface area contributed by atoms with Crippen LogP contribution in [-0.2, 0) is 0 Å². The van der Waals surface area contributed by atoms with Gasteiger partial charge in [0, 0.05) is 6.42 Å². The smallest absolute Gasteiger partial charge is 0.337 e. The molecule has 0 atom stereocenters. The Morgan fingerprint density at radius 1 is 1.26 bits per heavy atom. The topological polar surface area (TPSA) is 108 Å². The Hall–Kier alpha value is -3.37. The molecule has 0 fully saturated rings. The van der Waals surface area contributed by atoms with Crippen LogP contribution in [0.2, 0.25) is 5.02 Å². The number of rotatable bonds is 4. The van der Waals surface area contributed by atoms with Crippen molar-refractivity contribution in [1.82, 2.24) is 15.0 Å². The van der Waals surface area contributed by atoms with Crippen LogP contribution in [-0.4, -0.2) is 31.9 Å². The van der Waals surface area contributed by atoms with Gasteiger partial charge < -0.3 is 10.1 Å². The number of carboxylic acid groups (broad SMARTS) is 1. The Morgan fingerprint density at radius 3 is 2.81 bits per heavy atom. The highest BCUT2D eigenvalue weighted by molar-refractivity contribution is 6.34. The Bertz CT molecular complexity index is 1100. The van der Waals surface area contributed by atoms with Crippen molar-refractivity contribution in [3.63, 3.8) is 0 Å². The molecule has 0 aliphatic carbocycles. The van der Waals surface area contributed by atoms with E-state index in [-0.39, 0.29) is 27.7 Å². The first-order valence-electron chi connectivity index (χ1n) is 8.18. The minimum atomic E-state index is -1.10. The number of aromatic amines is 1. The minimum Gasteiger partial charge on any atom is -0.478 e. The zero-order valence-electron chi connectivity index (χ0n) is 14.3. The molecule has 0 aliphatic rings. The molecule has 1 aromatic carbocycles. The van der Waals surface area contributed by atoms with Gasteiger partial charge in [-0.1, -0.05) is 30.5 Å². The Labute approximate surface area is 159 Å². The molecule has 2 heterocycles. The van der Waals surface area contributed by atoms with E-state index >= 15 is 0 Å². The number of aromatic nitrogens is 3. The summed E-state index contributed by atoms with van der Waals surface area (Å²) in [5.41, 5.74) is 1.23. The number of imidazole rings is 1. The summed E-state index contributed by atoms with van der Waals surface area (Å²) in [7, 11) is 0. The van der Waals surface area contributed by atoms with Crippen molar-refractivity contribution in [2.45, 2.75) is 19.8 Å². The van der Waals surface area contributed by atoms with Crippen molar-refractivity contribution < 1.29 is 14.7 Å². The first-order chi connectivity index (χ1) is 13.0. The number of hydrogen-bond acceptors (Lipinski definition) is 4. The fraction of sp³-hybridized carbons (Fsp3) is 0.158. The number of amides is 1. The molecule has 0 unspecified atom stereocenters. The van der Waals surface area contributed by atoms with Crippen LogP contribution in [0.15, 0.2) is 30.3 Å². The fourth-order valence-electron chi connectivity index (χ4n) is 2.38. The number of carbonyl (C=O) groups is 2. The first-order valence-corrected chi connectivity index (χ1v) is 8.56. The highest BCUT2D eigenvalue weighted by atomic mass is 35.5. The van der Waals surface area contributed by atoms with Crippen molar-refractivity contribution in [2.75, 3.05) is 5.32 Å². The lowest BCUT2D eigenvalue weighted by molar-refractivity contribution is 0.0698. The maximum absolute atomic E-state index is 12.5. The molecule has 3 rings (SSSR count). The number of hydrogen-bond donors (Lipinski definition) is 3. The lowest BCUT2D eigenvalue weighted by Crippen LogP contribution is -2.15. The maximum Gasteiger partial charge on any atom is 0.337 e. The standard InChI is InChI=1S/C19H15ClN4O3/c1-2-3-4-6-11-9-10-13(20)16(21-11)17(25)24-19-22-14-8-5-7-12(18(26)27)15(14)23-19/h5,7-10H,2-3H2,1H3,(H,26,27)(H2,22,23,24,25). The number of fused-ring (bicyclic) bond motifs is 1. The van der Waals surface area contributed by atoms with Crippen molar-refractivity contribution in [3.05, 3.63) is 52.3 Å². The molecule has 0 spiro atoms. The number of carboxylic acids is 1. The van der Waals surface area contributed by atoms with Crippen LogP contribution in [0.3, 0.4) is 0 Å². The fourth-order valence-corrected chi connectivity index (χ4v) is 2.57. The molecule has 136 valence electrons. The number of aromatic carboxylic acids is 1. The number of para-hydroxylation sites is 1. The van der Waals surface area contributed by atoms with E-state index in [9.17, 15) is 14.7 Å². The molecule has 1 amide bonds. The van der Waals surface area contributed by atoms with E-state index < -0.39 is 11.9 Å². The monoisotopic (exact) mass is 382 g/mol. The summed E-state index contributed by atoms with van der Waals surface area (Å²) in [4.78, 5) is 35.0. The number of unbranched alkanes of at least 4 members (excludes halogenated alkanes) is 1. The van der Waals surface area contributed by atoms with Gasteiger partial charge in [0.15, 0.2) is 0 Å². The SMILES string of the molecule is CCCC#Cc1ccc(Cl)c(C(=O)Nc2nc3c(C(=O)O)cccc3[nH]2)n1. The number of anilines is 1. The molecule has 27 heavy (non-hydrogen) atoms. The van der Waals surface area contributed by atoms with Crippen molar-refractivity contribution in [2.24, 2.45) is 0 Å². The molecule has 3 N–H and O–H groups in total. The number of nitrogens with zero attached hydrogens (tertiary/aromatic N) is 2. The molecule has 0 bridgehead atoms. The van der Waals surface area contributed by atoms with Gasteiger partial charge in [-0.3, -0.25) is 10.1 Å². The third kappa shape index (κ3) is 4.07. The normalized spacial score (nSPS) is 10.3. The summed E-state index contributed by atoms with van der Waals surface area (Å²) in [6.07, 6.45) is 1.66. The molecule has 0 aliphatic heterocycles. The summed E-state index contributed by atoms with van der Waals surface area (Å²) in [6.45, 7) is 2.02. The van der Waals surface area contributed by atoms with Crippen LogP contribution in [0.4, 0.5) is 5.95 Å². The molecular formula is C19H15ClN4O3. The van der Waals surface area contributed by atoms with E-state index in [1.165, 1.54) is 6.07 Å². The largest absolute Gasteiger partial charge is 0.478 e. The Balaban J connectivity index is 1.89. The van der Waals surface area contributed by atoms with Crippen LogP contribution in [0.1, 0.15) is 46.3 Å². The molecule has 2 aromatic heterocycles. The maximum atomic E-state index is 12.5. The number of H-pyrrole nitrogens is 1. The lowest BCUT2D eigenvalue weighted by atomic mass is 10.2. The van der Waals surface area contributed by atoms with Gasteiger partial charge in [0.1, 0.15) is 16.9 Å². The summed E-state index contributed by atoms with van der Waals surface area (Å²) < 4.78 is 0. The molecule has 8 heteroatoms. The minimum absolute atomic E-state index is 0.0129. The van der Waals surface area contributed by atoms with Crippen LogP contribution < -0.4 is 5.32 Å². The zero-order chi connectivity index (χ0) is 19.4. The summed E-state index contributed by atoms with van der Waals surface area (Å²) >= 11 is 6.08. The van der Waals surface area contributed by atoms with Gasteiger partial charge in [-0.15, -0.1) is 0 Å². The van der Waals surface area contributed by atoms with E-state index in [0.29, 0.717) is 11.2 Å². The predicted molar refractivity (Wildman–Crippen MR) is 102 cm³/mol. The Kier molecular flexibility index (Phi) is 5.38. The van der Waals surface area contributed by atoms with Gasteiger partial charge in [0.25, 0.3) is 5.91 Å². The van der Waals surface area contributed by atoms with E-state index in [1.807, 2.05) is 6.92 Å². The zero-order valence-corrected chi connectivity index (χ0v) is 15.1. The third-order valence-corrected chi connectivity index (χ3v) is 3.93. The van der Waals surface area contributed by atoms with Gasteiger partial charge in [0.05, 0.1) is 16.1 Å². The van der Waals surface area contributed by atoms with Crippen LogP contribution in [0, 0.1) is 11.8 Å². The Morgan fingerprint density at radius 2 is 2.07 bits per heavy atom. The summed E-state index contributed by atoms with van der Waals surface area (Å²) in [5, 5.41) is 12.0. The quantitative estimate of drug-likeness (QED) is 0.596. The van der Waals surface area contributed by atoms with Crippen LogP contribution in [0.25, 0.3) is 11.0 Å². The van der Waals surface area contributed by atoms with Gasteiger partial charge in [-0.2, -0.15) is 0 Å². The van der Waals surface area contributed by atoms with E-state index in [4.69, 9.17) is 11.6 Å².